The Kier molecular flexibility index (Phi) is 6.69. The summed E-state index contributed by atoms with van der Waals surface area (Å²) in [4.78, 5) is 27.8. The number of carbonyl (C=O) groups excluding carboxylic acids is 2. The van der Waals surface area contributed by atoms with E-state index in [1.807, 2.05) is 42.2 Å². The van der Waals surface area contributed by atoms with Crippen molar-refractivity contribution in [3.05, 3.63) is 59.9 Å². The Morgan fingerprint density at radius 3 is 2.31 bits per heavy atom. The van der Waals surface area contributed by atoms with E-state index in [1.165, 1.54) is 6.07 Å². The van der Waals surface area contributed by atoms with E-state index < -0.39 is 0 Å². The van der Waals surface area contributed by atoms with Crippen LogP contribution < -0.4 is 15.5 Å². The molecule has 6 nitrogen and oxygen atoms in total. The molecule has 0 saturated carbocycles. The SMILES string of the molecule is CCC(=O)Nc1ccc(C(C)NC(=O)N2CCN(c3ccccc3F)CC2)cc1. The zero-order valence-corrected chi connectivity index (χ0v) is 16.8. The van der Waals surface area contributed by atoms with E-state index in [-0.39, 0.29) is 23.8 Å². The van der Waals surface area contributed by atoms with Crippen molar-refractivity contribution in [1.82, 2.24) is 10.2 Å². The maximum Gasteiger partial charge on any atom is 0.317 e. The van der Waals surface area contributed by atoms with Gasteiger partial charge in [-0.2, -0.15) is 0 Å². The predicted molar refractivity (Wildman–Crippen MR) is 112 cm³/mol. The van der Waals surface area contributed by atoms with Gasteiger partial charge in [0.15, 0.2) is 0 Å². The van der Waals surface area contributed by atoms with Gasteiger partial charge >= 0.3 is 6.03 Å². The number of nitrogens with zero attached hydrogens (tertiary/aromatic N) is 2. The van der Waals surface area contributed by atoms with Gasteiger partial charge in [-0.3, -0.25) is 4.79 Å². The maximum atomic E-state index is 14.0. The van der Waals surface area contributed by atoms with Gasteiger partial charge in [0.1, 0.15) is 5.82 Å². The molecule has 3 amide bonds. The van der Waals surface area contributed by atoms with Crippen LogP contribution in [-0.4, -0.2) is 43.0 Å². The molecule has 29 heavy (non-hydrogen) atoms. The van der Waals surface area contributed by atoms with Gasteiger partial charge in [-0.05, 0) is 36.8 Å². The van der Waals surface area contributed by atoms with Crippen LogP contribution >= 0.6 is 0 Å². The zero-order chi connectivity index (χ0) is 20.8. The summed E-state index contributed by atoms with van der Waals surface area (Å²) in [6.45, 7) is 5.98. The van der Waals surface area contributed by atoms with E-state index in [0.29, 0.717) is 38.3 Å². The molecule has 1 saturated heterocycles. The second kappa shape index (κ2) is 9.41. The number of carbonyl (C=O) groups is 2. The van der Waals surface area contributed by atoms with Crippen LogP contribution in [0.4, 0.5) is 20.6 Å². The molecule has 2 aromatic carbocycles. The Bertz CT molecular complexity index is 848. The average Bonchev–Trinajstić information content (AvgIpc) is 2.74. The van der Waals surface area contributed by atoms with Crippen LogP contribution in [0.15, 0.2) is 48.5 Å². The first-order chi connectivity index (χ1) is 14.0. The number of hydrogen-bond donors (Lipinski definition) is 2. The normalized spacial score (nSPS) is 15.0. The summed E-state index contributed by atoms with van der Waals surface area (Å²) in [5.41, 5.74) is 2.28. The minimum absolute atomic E-state index is 0.0337. The summed E-state index contributed by atoms with van der Waals surface area (Å²) in [7, 11) is 0. The molecule has 3 rings (SSSR count). The molecule has 154 valence electrons. The van der Waals surface area contributed by atoms with Crippen molar-refractivity contribution in [3.63, 3.8) is 0 Å². The molecule has 0 bridgehead atoms. The minimum atomic E-state index is -0.238. The predicted octanol–water partition coefficient (Wildman–Crippen LogP) is 3.77. The molecule has 1 atom stereocenters. The molecule has 0 radical (unpaired) electrons. The van der Waals surface area contributed by atoms with Crippen molar-refractivity contribution in [3.8, 4) is 0 Å². The van der Waals surface area contributed by atoms with Crippen molar-refractivity contribution >= 4 is 23.3 Å². The third kappa shape index (κ3) is 5.25. The molecule has 1 unspecified atom stereocenters. The fraction of sp³-hybridized carbons (Fsp3) is 0.364. The van der Waals surface area contributed by atoms with Crippen molar-refractivity contribution in [1.29, 1.82) is 0 Å². The van der Waals surface area contributed by atoms with Crippen LogP contribution in [-0.2, 0) is 4.79 Å². The van der Waals surface area contributed by atoms with Crippen LogP contribution in [0.5, 0.6) is 0 Å². The van der Waals surface area contributed by atoms with Gasteiger partial charge in [0.2, 0.25) is 5.91 Å². The van der Waals surface area contributed by atoms with Crippen molar-refractivity contribution in [2.45, 2.75) is 26.3 Å². The van der Waals surface area contributed by atoms with E-state index in [1.54, 1.807) is 24.0 Å². The van der Waals surface area contributed by atoms with Crippen LogP contribution in [0.25, 0.3) is 0 Å². The topological polar surface area (TPSA) is 64.7 Å². The van der Waals surface area contributed by atoms with Crippen LogP contribution in [0, 0.1) is 5.82 Å². The van der Waals surface area contributed by atoms with E-state index in [4.69, 9.17) is 0 Å². The minimum Gasteiger partial charge on any atom is -0.366 e. The highest BCUT2D eigenvalue weighted by molar-refractivity contribution is 5.90. The summed E-state index contributed by atoms with van der Waals surface area (Å²) in [6, 6.07) is 13.9. The highest BCUT2D eigenvalue weighted by atomic mass is 19.1. The smallest absolute Gasteiger partial charge is 0.317 e. The molecule has 0 aliphatic carbocycles. The van der Waals surface area contributed by atoms with Crippen LogP contribution in [0.1, 0.15) is 31.9 Å². The molecular formula is C22H27FN4O2. The third-order valence-corrected chi connectivity index (χ3v) is 5.12. The van der Waals surface area contributed by atoms with Gasteiger partial charge in [-0.15, -0.1) is 0 Å². The number of amides is 3. The Morgan fingerprint density at radius 1 is 1.03 bits per heavy atom. The lowest BCUT2D eigenvalue weighted by molar-refractivity contribution is -0.115. The fourth-order valence-corrected chi connectivity index (χ4v) is 3.32. The standard InChI is InChI=1S/C22H27FN4O2/c1-3-21(28)25-18-10-8-17(9-11-18)16(2)24-22(29)27-14-12-26(13-15-27)20-7-5-4-6-19(20)23/h4-11,16H,3,12-15H2,1-2H3,(H,24,29)(H,25,28). The van der Waals surface area contributed by atoms with Gasteiger partial charge in [-0.1, -0.05) is 31.2 Å². The number of halogens is 1. The van der Waals surface area contributed by atoms with Crippen LogP contribution in [0.3, 0.4) is 0 Å². The molecule has 0 aromatic heterocycles. The summed E-state index contributed by atoms with van der Waals surface area (Å²) in [6.07, 6.45) is 0.429. The lowest BCUT2D eigenvalue weighted by Gasteiger charge is -2.36. The molecule has 0 spiro atoms. The van der Waals surface area contributed by atoms with E-state index >= 15 is 0 Å². The molecular weight excluding hydrogens is 371 g/mol. The monoisotopic (exact) mass is 398 g/mol. The van der Waals surface area contributed by atoms with Gasteiger partial charge in [0.05, 0.1) is 11.7 Å². The number of nitrogens with one attached hydrogen (secondary N) is 2. The highest BCUT2D eigenvalue weighted by Crippen LogP contribution is 2.21. The number of benzene rings is 2. The van der Waals surface area contributed by atoms with Crippen molar-refractivity contribution in [2.24, 2.45) is 0 Å². The lowest BCUT2D eigenvalue weighted by Crippen LogP contribution is -2.52. The second-order valence-corrected chi connectivity index (χ2v) is 7.12. The number of urea groups is 1. The van der Waals surface area contributed by atoms with Gasteiger partial charge in [0, 0.05) is 38.3 Å². The molecule has 7 heteroatoms. The molecule has 1 fully saturated rings. The number of rotatable bonds is 5. The third-order valence-electron chi connectivity index (χ3n) is 5.12. The van der Waals surface area contributed by atoms with Crippen LogP contribution in [0.2, 0.25) is 0 Å². The number of piperazine rings is 1. The Labute approximate surface area is 170 Å². The first kappa shape index (κ1) is 20.6. The number of para-hydroxylation sites is 1. The fourth-order valence-electron chi connectivity index (χ4n) is 3.32. The van der Waals surface area contributed by atoms with Crippen molar-refractivity contribution < 1.29 is 14.0 Å². The van der Waals surface area contributed by atoms with Crippen molar-refractivity contribution in [2.75, 3.05) is 36.4 Å². The Morgan fingerprint density at radius 2 is 1.69 bits per heavy atom. The Hall–Kier alpha value is -3.09. The molecule has 2 aromatic rings. The lowest BCUT2D eigenvalue weighted by atomic mass is 10.1. The summed E-state index contributed by atoms with van der Waals surface area (Å²) < 4.78 is 14.0. The quantitative estimate of drug-likeness (QED) is 0.806. The molecule has 1 aliphatic rings. The zero-order valence-electron chi connectivity index (χ0n) is 16.8. The van der Waals surface area contributed by atoms with Gasteiger partial charge in [-0.25, -0.2) is 9.18 Å². The highest BCUT2D eigenvalue weighted by Gasteiger charge is 2.23. The molecule has 2 N–H and O–H groups in total. The average molecular weight is 398 g/mol. The largest absolute Gasteiger partial charge is 0.366 e. The summed E-state index contributed by atoms with van der Waals surface area (Å²) >= 11 is 0. The summed E-state index contributed by atoms with van der Waals surface area (Å²) in [5, 5.41) is 5.82. The van der Waals surface area contributed by atoms with E-state index in [2.05, 4.69) is 10.6 Å². The second-order valence-electron chi connectivity index (χ2n) is 7.12. The number of hydrogen-bond acceptors (Lipinski definition) is 3. The number of anilines is 2. The Balaban J connectivity index is 1.51. The van der Waals surface area contributed by atoms with E-state index in [0.717, 1.165) is 11.3 Å². The van der Waals surface area contributed by atoms with E-state index in [9.17, 15) is 14.0 Å². The van der Waals surface area contributed by atoms with Gasteiger partial charge < -0.3 is 20.4 Å². The molecule has 1 aliphatic heterocycles. The molecule has 1 heterocycles. The first-order valence-corrected chi connectivity index (χ1v) is 9.92. The summed E-state index contributed by atoms with van der Waals surface area (Å²) in [5.74, 6) is -0.272. The first-order valence-electron chi connectivity index (χ1n) is 9.92. The maximum absolute atomic E-state index is 14.0. The van der Waals surface area contributed by atoms with Gasteiger partial charge in [0.25, 0.3) is 0 Å².